The Morgan fingerprint density at radius 1 is 1.35 bits per heavy atom. The summed E-state index contributed by atoms with van der Waals surface area (Å²) in [7, 11) is 0. The molecule has 1 rings (SSSR count). The number of hydrogen-bond donors (Lipinski definition) is 2. The van der Waals surface area contributed by atoms with E-state index in [1.54, 1.807) is 18.7 Å². The number of thioether (sulfide) groups is 1. The molecule has 2 N–H and O–H groups in total. The van der Waals surface area contributed by atoms with Gasteiger partial charge in [0.1, 0.15) is 5.54 Å². The molecule has 1 aromatic rings. The molecule has 0 amide bonds. The fourth-order valence-electron chi connectivity index (χ4n) is 2.05. The van der Waals surface area contributed by atoms with Crippen LogP contribution >= 0.6 is 11.8 Å². The molecular weight excluding hydrogens is 270 g/mol. The van der Waals surface area contributed by atoms with Gasteiger partial charge in [0.2, 0.25) is 0 Å². The van der Waals surface area contributed by atoms with E-state index in [0.717, 1.165) is 5.75 Å². The normalized spacial score (nSPS) is 14.3. The molecule has 4 heteroatoms. The Balaban J connectivity index is 2.60. The molecule has 0 saturated heterocycles. The highest BCUT2D eigenvalue weighted by atomic mass is 32.2. The molecule has 112 valence electrons. The van der Waals surface area contributed by atoms with Crippen LogP contribution in [0, 0.1) is 13.8 Å². The van der Waals surface area contributed by atoms with Gasteiger partial charge in [0.05, 0.1) is 0 Å². The van der Waals surface area contributed by atoms with Crippen molar-refractivity contribution in [1.82, 2.24) is 5.32 Å². The number of carboxylic acid groups (broad SMARTS) is 1. The van der Waals surface area contributed by atoms with Crippen LogP contribution in [0.1, 0.15) is 38.3 Å². The summed E-state index contributed by atoms with van der Waals surface area (Å²) in [4.78, 5) is 12.6. The smallest absolute Gasteiger partial charge is 0.323 e. The summed E-state index contributed by atoms with van der Waals surface area (Å²) >= 11 is 1.71. The minimum atomic E-state index is -0.860. The highest BCUT2D eigenvalue weighted by Gasteiger charge is 2.32. The number of aryl methyl sites for hydroxylation is 2. The minimum Gasteiger partial charge on any atom is -0.480 e. The van der Waals surface area contributed by atoms with Gasteiger partial charge < -0.3 is 5.11 Å². The molecule has 0 saturated carbocycles. The molecule has 3 nitrogen and oxygen atoms in total. The van der Waals surface area contributed by atoms with Crippen molar-refractivity contribution in [2.24, 2.45) is 0 Å². The summed E-state index contributed by atoms with van der Waals surface area (Å²) in [5, 5.41) is 12.5. The van der Waals surface area contributed by atoms with Gasteiger partial charge >= 0.3 is 5.97 Å². The maximum Gasteiger partial charge on any atom is 0.323 e. The summed E-state index contributed by atoms with van der Waals surface area (Å²) in [5.74, 6) is -0.00253. The van der Waals surface area contributed by atoms with E-state index < -0.39 is 11.5 Å². The molecule has 0 aliphatic rings. The van der Waals surface area contributed by atoms with E-state index in [9.17, 15) is 9.90 Å². The first kappa shape index (κ1) is 17.1. The van der Waals surface area contributed by atoms with E-state index in [1.807, 2.05) is 13.8 Å². The average molecular weight is 295 g/mol. The van der Waals surface area contributed by atoms with Crippen molar-refractivity contribution in [1.29, 1.82) is 0 Å². The van der Waals surface area contributed by atoms with Crippen LogP contribution in [0.5, 0.6) is 0 Å². The van der Waals surface area contributed by atoms with Crippen LogP contribution in [0.4, 0.5) is 0 Å². The Morgan fingerprint density at radius 3 is 2.50 bits per heavy atom. The van der Waals surface area contributed by atoms with Gasteiger partial charge in [0.15, 0.2) is 0 Å². The highest BCUT2D eigenvalue weighted by molar-refractivity contribution is 7.99. The number of benzene rings is 1. The monoisotopic (exact) mass is 295 g/mol. The summed E-state index contributed by atoms with van der Waals surface area (Å²) in [6, 6.07) is 6.53. The van der Waals surface area contributed by atoms with Gasteiger partial charge in [-0.3, -0.25) is 10.1 Å². The number of nitrogens with one attached hydrogen (secondary N) is 1. The lowest BCUT2D eigenvalue weighted by molar-refractivity contribution is -0.144. The Morgan fingerprint density at radius 2 is 2.00 bits per heavy atom. The van der Waals surface area contributed by atoms with E-state index in [2.05, 4.69) is 37.4 Å². The maximum atomic E-state index is 11.4. The van der Waals surface area contributed by atoms with Gasteiger partial charge in [0.25, 0.3) is 0 Å². The van der Waals surface area contributed by atoms with Crippen molar-refractivity contribution in [3.05, 3.63) is 29.3 Å². The quantitative estimate of drug-likeness (QED) is 0.754. The van der Waals surface area contributed by atoms with Crippen molar-refractivity contribution >= 4 is 17.7 Å². The zero-order valence-electron chi connectivity index (χ0n) is 13.0. The molecule has 0 spiro atoms. The van der Waals surface area contributed by atoms with E-state index in [0.29, 0.717) is 6.42 Å². The summed E-state index contributed by atoms with van der Waals surface area (Å²) in [6.45, 7) is 9.89. The van der Waals surface area contributed by atoms with Crippen molar-refractivity contribution in [3.63, 3.8) is 0 Å². The second kappa shape index (κ2) is 7.14. The maximum absolute atomic E-state index is 11.4. The van der Waals surface area contributed by atoms with Gasteiger partial charge in [-0.05, 0) is 64.3 Å². The Kier molecular flexibility index (Phi) is 6.08. The van der Waals surface area contributed by atoms with Gasteiger partial charge in [-0.1, -0.05) is 6.07 Å². The van der Waals surface area contributed by atoms with E-state index >= 15 is 0 Å². The second-order valence-corrected chi connectivity index (χ2v) is 6.95. The molecular formula is C16H25NO2S. The van der Waals surface area contributed by atoms with Crippen LogP contribution in [0.25, 0.3) is 0 Å². The lowest BCUT2D eigenvalue weighted by atomic mass is 9.98. The molecule has 0 radical (unpaired) electrons. The first-order valence-electron chi connectivity index (χ1n) is 6.96. The van der Waals surface area contributed by atoms with Crippen LogP contribution < -0.4 is 5.32 Å². The molecule has 0 fully saturated rings. The van der Waals surface area contributed by atoms with Crippen molar-refractivity contribution < 1.29 is 9.90 Å². The largest absolute Gasteiger partial charge is 0.480 e. The van der Waals surface area contributed by atoms with Gasteiger partial charge in [-0.2, -0.15) is 0 Å². The molecule has 0 bridgehead atoms. The zero-order chi connectivity index (χ0) is 15.3. The first-order valence-corrected chi connectivity index (χ1v) is 7.94. The number of carbonyl (C=O) groups is 1. The SMILES string of the molecule is Cc1ccc(SCCC(C)(NC(C)C)C(=O)O)cc1C. The fourth-order valence-corrected chi connectivity index (χ4v) is 3.23. The third-order valence-corrected chi connectivity index (χ3v) is 4.42. The zero-order valence-corrected chi connectivity index (χ0v) is 13.8. The van der Waals surface area contributed by atoms with Crippen molar-refractivity contribution in [2.75, 3.05) is 5.75 Å². The second-order valence-electron chi connectivity index (χ2n) is 5.78. The van der Waals surface area contributed by atoms with Crippen molar-refractivity contribution in [3.8, 4) is 0 Å². The number of aliphatic carboxylic acids is 1. The van der Waals surface area contributed by atoms with Gasteiger partial charge in [-0.25, -0.2) is 0 Å². The molecule has 20 heavy (non-hydrogen) atoms. The summed E-state index contributed by atoms with van der Waals surface area (Å²) in [5.41, 5.74) is 1.70. The van der Waals surface area contributed by atoms with Crippen LogP contribution in [-0.4, -0.2) is 28.4 Å². The summed E-state index contributed by atoms with van der Waals surface area (Å²) in [6.07, 6.45) is 0.595. The van der Waals surface area contributed by atoms with Crippen LogP contribution in [0.3, 0.4) is 0 Å². The Hall–Kier alpha value is -1.00. The molecule has 0 aliphatic carbocycles. The third kappa shape index (κ3) is 4.84. The predicted molar refractivity (Wildman–Crippen MR) is 85.6 cm³/mol. The van der Waals surface area contributed by atoms with Gasteiger partial charge in [-0.15, -0.1) is 11.8 Å². The van der Waals surface area contributed by atoms with Gasteiger partial charge in [0, 0.05) is 16.7 Å². The molecule has 1 unspecified atom stereocenters. The average Bonchev–Trinajstić information content (AvgIpc) is 2.32. The van der Waals surface area contributed by atoms with Crippen LogP contribution in [0.15, 0.2) is 23.1 Å². The standard InChI is InChI=1S/C16H25NO2S/c1-11(2)17-16(5,15(18)19)8-9-20-14-7-6-12(3)13(4)10-14/h6-7,10-11,17H,8-9H2,1-5H3,(H,18,19). The Labute approximate surface area is 126 Å². The third-order valence-electron chi connectivity index (χ3n) is 3.43. The van der Waals surface area contributed by atoms with Crippen LogP contribution in [0.2, 0.25) is 0 Å². The Bertz CT molecular complexity index is 474. The molecule has 0 aromatic heterocycles. The predicted octanol–water partition coefficient (Wildman–Crippen LogP) is 3.63. The molecule has 1 atom stereocenters. The molecule has 1 aromatic carbocycles. The lowest BCUT2D eigenvalue weighted by Gasteiger charge is -2.28. The number of hydrogen-bond acceptors (Lipinski definition) is 3. The van der Waals surface area contributed by atoms with E-state index in [-0.39, 0.29) is 6.04 Å². The highest BCUT2D eigenvalue weighted by Crippen LogP contribution is 2.24. The summed E-state index contributed by atoms with van der Waals surface area (Å²) < 4.78 is 0. The fraction of sp³-hybridized carbons (Fsp3) is 0.562. The lowest BCUT2D eigenvalue weighted by Crippen LogP contribution is -2.52. The number of carboxylic acids is 1. The molecule has 0 heterocycles. The van der Waals surface area contributed by atoms with E-state index in [1.165, 1.54) is 16.0 Å². The van der Waals surface area contributed by atoms with E-state index in [4.69, 9.17) is 0 Å². The minimum absolute atomic E-state index is 0.155. The number of rotatable bonds is 7. The molecule has 0 aliphatic heterocycles. The van der Waals surface area contributed by atoms with Crippen LogP contribution in [-0.2, 0) is 4.79 Å². The topological polar surface area (TPSA) is 49.3 Å². The first-order chi connectivity index (χ1) is 9.24. The van der Waals surface area contributed by atoms with Crippen molar-refractivity contribution in [2.45, 2.75) is 57.5 Å².